The number of carbonyl (C=O) groups excluding carboxylic acids is 1. The molecule has 0 spiro atoms. The summed E-state index contributed by atoms with van der Waals surface area (Å²) in [7, 11) is 0. The minimum absolute atomic E-state index is 0.123. The van der Waals surface area contributed by atoms with E-state index in [2.05, 4.69) is 42.5 Å². The highest BCUT2D eigenvalue weighted by atomic mass is 16.1. The van der Waals surface area contributed by atoms with Crippen LogP contribution in [0.3, 0.4) is 0 Å². The molecule has 98 valence electrons. The maximum absolute atomic E-state index is 12.3. The van der Waals surface area contributed by atoms with E-state index in [-0.39, 0.29) is 5.78 Å². The molecule has 1 aliphatic carbocycles. The molecule has 1 nitrogen and oxygen atoms in total. The normalized spacial score (nSPS) is 14.3. The molecule has 0 aliphatic heterocycles. The summed E-state index contributed by atoms with van der Waals surface area (Å²) in [4.78, 5) is 12.3. The average Bonchev–Trinajstić information content (AvgIpc) is 2.50. The van der Waals surface area contributed by atoms with Gasteiger partial charge in [0.25, 0.3) is 0 Å². The summed E-state index contributed by atoms with van der Waals surface area (Å²) >= 11 is 0. The zero-order chi connectivity index (χ0) is 14.1. The fraction of sp³-hybridized carbons (Fsp3) is 0.0500. The van der Waals surface area contributed by atoms with Crippen molar-refractivity contribution in [1.82, 2.24) is 0 Å². The predicted octanol–water partition coefficient (Wildman–Crippen LogP) is 5.18. The fourth-order valence-corrected chi connectivity index (χ4v) is 3.72. The van der Waals surface area contributed by atoms with Crippen LogP contribution in [-0.2, 0) is 0 Å². The molecule has 0 heterocycles. The van der Waals surface area contributed by atoms with Crippen molar-refractivity contribution in [3.05, 3.63) is 65.7 Å². The molecule has 4 aromatic rings. The lowest BCUT2D eigenvalue weighted by molar-refractivity contribution is 0.104. The zero-order valence-electron chi connectivity index (χ0n) is 11.6. The number of benzene rings is 4. The maximum Gasteiger partial charge on any atom is 0.186 e. The first-order valence-corrected chi connectivity index (χ1v) is 7.17. The van der Waals surface area contributed by atoms with Crippen LogP contribution in [0, 0.1) is 0 Å². The van der Waals surface area contributed by atoms with Crippen LogP contribution in [0.15, 0.2) is 54.6 Å². The van der Waals surface area contributed by atoms with Gasteiger partial charge in [-0.25, -0.2) is 0 Å². The summed E-state index contributed by atoms with van der Waals surface area (Å²) in [6.45, 7) is 2.03. The molecule has 0 bridgehead atoms. The van der Waals surface area contributed by atoms with Gasteiger partial charge < -0.3 is 0 Å². The fourth-order valence-electron chi connectivity index (χ4n) is 3.72. The van der Waals surface area contributed by atoms with E-state index in [1.807, 2.05) is 13.0 Å². The van der Waals surface area contributed by atoms with Crippen LogP contribution < -0.4 is 0 Å². The molecule has 5 rings (SSSR count). The van der Waals surface area contributed by atoms with Crippen LogP contribution in [0.25, 0.3) is 37.9 Å². The molecule has 0 unspecified atom stereocenters. The summed E-state index contributed by atoms with van der Waals surface area (Å²) in [5.41, 5.74) is 3.09. The van der Waals surface area contributed by atoms with Gasteiger partial charge in [0.05, 0.1) is 0 Å². The molecule has 0 fully saturated rings. The monoisotopic (exact) mass is 268 g/mol. The van der Waals surface area contributed by atoms with Gasteiger partial charge in [-0.05, 0) is 63.2 Å². The largest absolute Gasteiger partial charge is 0.289 e. The molecular weight excluding hydrogens is 256 g/mol. The van der Waals surface area contributed by atoms with Gasteiger partial charge in [-0.3, -0.25) is 4.79 Å². The number of carbonyl (C=O) groups is 1. The van der Waals surface area contributed by atoms with E-state index in [9.17, 15) is 4.79 Å². The van der Waals surface area contributed by atoms with Crippen molar-refractivity contribution in [2.75, 3.05) is 0 Å². The Kier molecular flexibility index (Phi) is 1.84. The molecule has 0 N–H and O–H groups in total. The van der Waals surface area contributed by atoms with Gasteiger partial charge in [-0.15, -0.1) is 0 Å². The van der Waals surface area contributed by atoms with Gasteiger partial charge in [0.2, 0.25) is 0 Å². The van der Waals surface area contributed by atoms with Crippen molar-refractivity contribution in [1.29, 1.82) is 0 Å². The Hall–Kier alpha value is -2.67. The second-order valence-corrected chi connectivity index (χ2v) is 5.85. The van der Waals surface area contributed by atoms with Crippen molar-refractivity contribution in [3.63, 3.8) is 0 Å². The molecule has 0 aromatic heterocycles. The Labute approximate surface area is 121 Å². The van der Waals surface area contributed by atoms with Crippen molar-refractivity contribution in [2.45, 2.75) is 6.92 Å². The number of rotatable bonds is 0. The molecule has 0 radical (unpaired) electrons. The molecular formula is C20H12O. The molecule has 1 heteroatoms. The van der Waals surface area contributed by atoms with Crippen LogP contribution in [0.4, 0.5) is 0 Å². The minimum Gasteiger partial charge on any atom is -0.289 e. The molecule has 21 heavy (non-hydrogen) atoms. The third-order valence-electron chi connectivity index (χ3n) is 4.67. The van der Waals surface area contributed by atoms with Gasteiger partial charge >= 0.3 is 0 Å². The predicted molar refractivity (Wildman–Crippen MR) is 88.1 cm³/mol. The molecule has 0 saturated carbocycles. The lowest BCUT2D eigenvalue weighted by atomic mass is 9.83. The quantitative estimate of drug-likeness (QED) is 0.401. The second-order valence-electron chi connectivity index (χ2n) is 5.85. The van der Waals surface area contributed by atoms with Crippen molar-refractivity contribution in [2.24, 2.45) is 0 Å². The van der Waals surface area contributed by atoms with Crippen molar-refractivity contribution < 1.29 is 4.79 Å². The second kappa shape index (κ2) is 3.50. The highest BCUT2D eigenvalue weighted by Gasteiger charge is 2.21. The smallest absolute Gasteiger partial charge is 0.186 e. The number of ketones is 1. The topological polar surface area (TPSA) is 17.1 Å². The van der Waals surface area contributed by atoms with Crippen LogP contribution >= 0.6 is 0 Å². The minimum atomic E-state index is 0.123. The Morgan fingerprint density at radius 2 is 1.43 bits per heavy atom. The van der Waals surface area contributed by atoms with Crippen LogP contribution in [-0.4, -0.2) is 5.78 Å². The third kappa shape index (κ3) is 1.24. The Balaban J connectivity index is 2.22. The summed E-state index contributed by atoms with van der Waals surface area (Å²) in [6.07, 6.45) is 1.76. The van der Waals surface area contributed by atoms with Gasteiger partial charge in [0, 0.05) is 10.9 Å². The average molecular weight is 268 g/mol. The number of hydrogen-bond acceptors (Lipinski definition) is 1. The van der Waals surface area contributed by atoms with E-state index < -0.39 is 0 Å². The van der Waals surface area contributed by atoms with Crippen molar-refractivity contribution >= 4 is 43.7 Å². The molecule has 4 aromatic carbocycles. The van der Waals surface area contributed by atoms with Gasteiger partial charge in [-0.1, -0.05) is 36.4 Å². The van der Waals surface area contributed by atoms with E-state index >= 15 is 0 Å². The van der Waals surface area contributed by atoms with E-state index in [0.29, 0.717) is 0 Å². The highest BCUT2D eigenvalue weighted by Crippen LogP contribution is 2.42. The van der Waals surface area contributed by atoms with Crippen LogP contribution in [0.5, 0.6) is 0 Å². The standard InChI is InChI=1S/C20H12O/c1-11-9-17(21)15-8-7-13-6-5-12-3-2-4-14-10-16(11)20(15)19(13)18(12)14/h2-10H,1H3. The first-order valence-electron chi connectivity index (χ1n) is 7.17. The van der Waals surface area contributed by atoms with Gasteiger partial charge in [-0.2, -0.15) is 0 Å². The summed E-state index contributed by atoms with van der Waals surface area (Å²) < 4.78 is 0. The molecule has 0 atom stereocenters. The first kappa shape index (κ1) is 11.0. The Morgan fingerprint density at radius 1 is 0.714 bits per heavy atom. The SMILES string of the molecule is CC1=CC(=O)c2ccc3ccc4cccc5cc1c2c3c45. The van der Waals surface area contributed by atoms with Gasteiger partial charge in [0.15, 0.2) is 5.78 Å². The lowest BCUT2D eigenvalue weighted by Gasteiger charge is -2.20. The summed E-state index contributed by atoms with van der Waals surface area (Å²) in [5, 5.41) is 7.34. The van der Waals surface area contributed by atoms with E-state index in [0.717, 1.165) is 16.5 Å². The van der Waals surface area contributed by atoms with Crippen LogP contribution in [0.2, 0.25) is 0 Å². The number of allylic oxidation sites excluding steroid dienone is 2. The first-order chi connectivity index (χ1) is 10.2. The summed E-state index contributed by atoms with van der Waals surface area (Å²) in [5.74, 6) is 0.123. The molecule has 0 saturated heterocycles. The van der Waals surface area contributed by atoms with E-state index in [4.69, 9.17) is 0 Å². The Bertz CT molecular complexity index is 1100. The van der Waals surface area contributed by atoms with Crippen molar-refractivity contribution in [3.8, 4) is 0 Å². The molecule has 0 amide bonds. The summed E-state index contributed by atoms with van der Waals surface area (Å²) in [6, 6.07) is 17.0. The maximum atomic E-state index is 12.3. The molecule has 1 aliphatic rings. The van der Waals surface area contributed by atoms with Crippen LogP contribution in [0.1, 0.15) is 22.8 Å². The zero-order valence-corrected chi connectivity index (χ0v) is 11.6. The highest BCUT2D eigenvalue weighted by molar-refractivity contribution is 6.32. The Morgan fingerprint density at radius 3 is 2.29 bits per heavy atom. The number of hydrogen-bond donors (Lipinski definition) is 0. The lowest BCUT2D eigenvalue weighted by Crippen LogP contribution is -2.05. The van der Waals surface area contributed by atoms with E-state index in [1.165, 1.54) is 32.5 Å². The van der Waals surface area contributed by atoms with Gasteiger partial charge in [0.1, 0.15) is 0 Å². The van der Waals surface area contributed by atoms with E-state index in [1.54, 1.807) is 6.08 Å². The third-order valence-corrected chi connectivity index (χ3v) is 4.67.